The second-order valence-corrected chi connectivity index (χ2v) is 5.00. The predicted octanol–water partition coefficient (Wildman–Crippen LogP) is 1.42. The molecule has 0 atom stereocenters. The van der Waals surface area contributed by atoms with Crippen molar-refractivity contribution in [1.29, 1.82) is 0 Å². The molecular formula is C10H13NO2S. The van der Waals surface area contributed by atoms with E-state index < -0.39 is 9.84 Å². The highest BCUT2D eigenvalue weighted by Crippen LogP contribution is 2.07. The van der Waals surface area contributed by atoms with Gasteiger partial charge in [-0.05, 0) is 12.5 Å². The van der Waals surface area contributed by atoms with Crippen LogP contribution in [-0.2, 0) is 15.6 Å². The van der Waals surface area contributed by atoms with Gasteiger partial charge in [0.2, 0.25) is 0 Å². The van der Waals surface area contributed by atoms with Gasteiger partial charge >= 0.3 is 0 Å². The molecule has 1 aromatic rings. The van der Waals surface area contributed by atoms with Crippen LogP contribution in [-0.4, -0.2) is 8.42 Å². The van der Waals surface area contributed by atoms with Crippen molar-refractivity contribution < 1.29 is 8.42 Å². The van der Waals surface area contributed by atoms with Gasteiger partial charge < -0.3 is 5.73 Å². The summed E-state index contributed by atoms with van der Waals surface area (Å²) in [5, 5.41) is 1.10. The number of benzene rings is 1. The minimum absolute atomic E-state index is 0.00236. The topological polar surface area (TPSA) is 60.2 Å². The molecule has 0 unspecified atom stereocenters. The van der Waals surface area contributed by atoms with Gasteiger partial charge in [-0.3, -0.25) is 0 Å². The molecule has 0 heterocycles. The summed E-state index contributed by atoms with van der Waals surface area (Å²) < 4.78 is 22.9. The minimum Gasteiger partial charge on any atom is -0.402 e. The van der Waals surface area contributed by atoms with Crippen molar-refractivity contribution in [3.8, 4) is 0 Å². The van der Waals surface area contributed by atoms with Gasteiger partial charge in [0.05, 0.1) is 5.75 Å². The monoisotopic (exact) mass is 211 g/mol. The molecule has 0 radical (unpaired) electrons. The zero-order valence-corrected chi connectivity index (χ0v) is 8.79. The van der Waals surface area contributed by atoms with Gasteiger partial charge in [-0.15, -0.1) is 0 Å². The van der Waals surface area contributed by atoms with Crippen LogP contribution in [0.15, 0.2) is 41.4 Å². The van der Waals surface area contributed by atoms with Crippen molar-refractivity contribution in [2.45, 2.75) is 12.7 Å². The average Bonchev–Trinajstić information content (AvgIpc) is 2.02. The van der Waals surface area contributed by atoms with Gasteiger partial charge in [0.1, 0.15) is 0 Å². The Kier molecular flexibility index (Phi) is 3.30. The van der Waals surface area contributed by atoms with Crippen LogP contribution in [0.3, 0.4) is 0 Å². The van der Waals surface area contributed by atoms with Gasteiger partial charge in [-0.2, -0.15) is 0 Å². The Balaban J connectivity index is 2.85. The zero-order valence-electron chi connectivity index (χ0n) is 7.97. The molecule has 1 rings (SSSR count). The number of nitrogens with two attached hydrogens (primary N) is 1. The highest BCUT2D eigenvalue weighted by molar-refractivity contribution is 7.93. The number of hydrogen-bond acceptors (Lipinski definition) is 3. The second kappa shape index (κ2) is 4.28. The average molecular weight is 211 g/mol. The standard InChI is InChI=1S/C10H13NO2S/c1-9(11)7-14(12,13)8-10-5-3-2-4-6-10/h2-7H,8,11H2,1H3. The highest BCUT2D eigenvalue weighted by atomic mass is 32.2. The molecular weight excluding hydrogens is 198 g/mol. The molecule has 0 aliphatic rings. The van der Waals surface area contributed by atoms with Gasteiger partial charge in [-0.25, -0.2) is 8.42 Å². The third-order valence-electron chi connectivity index (χ3n) is 1.58. The summed E-state index contributed by atoms with van der Waals surface area (Å²) in [6.07, 6.45) is 0. The van der Waals surface area contributed by atoms with Crippen molar-refractivity contribution in [1.82, 2.24) is 0 Å². The van der Waals surface area contributed by atoms with Crippen LogP contribution in [0.25, 0.3) is 0 Å². The first kappa shape index (κ1) is 10.8. The quantitative estimate of drug-likeness (QED) is 0.822. The van der Waals surface area contributed by atoms with Crippen LogP contribution in [0.5, 0.6) is 0 Å². The molecule has 0 spiro atoms. The molecule has 2 N–H and O–H groups in total. The van der Waals surface area contributed by atoms with Crippen molar-refractivity contribution in [2.75, 3.05) is 0 Å². The third kappa shape index (κ3) is 3.62. The SMILES string of the molecule is CC(N)=CS(=O)(=O)Cc1ccccc1. The lowest BCUT2D eigenvalue weighted by Crippen LogP contribution is -2.03. The highest BCUT2D eigenvalue weighted by Gasteiger charge is 2.07. The normalized spacial score (nSPS) is 12.8. The number of sulfone groups is 1. The third-order valence-corrected chi connectivity index (χ3v) is 3.04. The van der Waals surface area contributed by atoms with Gasteiger partial charge in [-0.1, -0.05) is 30.3 Å². The van der Waals surface area contributed by atoms with E-state index in [1.165, 1.54) is 0 Å². The molecule has 0 fully saturated rings. The van der Waals surface area contributed by atoms with E-state index in [1.807, 2.05) is 18.2 Å². The lowest BCUT2D eigenvalue weighted by atomic mass is 10.2. The van der Waals surface area contributed by atoms with E-state index in [0.717, 1.165) is 11.0 Å². The molecule has 0 saturated carbocycles. The maximum atomic E-state index is 11.5. The van der Waals surface area contributed by atoms with Gasteiger partial charge in [0.15, 0.2) is 9.84 Å². The maximum absolute atomic E-state index is 11.5. The Hall–Kier alpha value is -1.29. The molecule has 76 valence electrons. The number of rotatable bonds is 3. The van der Waals surface area contributed by atoms with Crippen LogP contribution in [0, 0.1) is 0 Å². The molecule has 0 saturated heterocycles. The Morgan fingerprint density at radius 2 is 1.93 bits per heavy atom. The maximum Gasteiger partial charge on any atom is 0.177 e. The summed E-state index contributed by atoms with van der Waals surface area (Å²) >= 11 is 0. The number of allylic oxidation sites excluding steroid dienone is 1. The molecule has 0 aliphatic heterocycles. The first-order chi connectivity index (χ1) is 6.49. The van der Waals surface area contributed by atoms with Crippen molar-refractivity contribution in [2.24, 2.45) is 5.73 Å². The fourth-order valence-electron chi connectivity index (χ4n) is 1.13. The molecule has 4 heteroatoms. The van der Waals surface area contributed by atoms with Crippen LogP contribution >= 0.6 is 0 Å². The van der Waals surface area contributed by atoms with Crippen LogP contribution in [0.4, 0.5) is 0 Å². The van der Waals surface area contributed by atoms with E-state index in [1.54, 1.807) is 19.1 Å². The lowest BCUT2D eigenvalue weighted by molar-refractivity contribution is 0.603. The van der Waals surface area contributed by atoms with E-state index in [0.29, 0.717) is 5.70 Å². The largest absolute Gasteiger partial charge is 0.402 e. The van der Waals surface area contributed by atoms with Crippen LogP contribution < -0.4 is 5.73 Å². The van der Waals surface area contributed by atoms with E-state index in [2.05, 4.69) is 0 Å². The molecule has 0 bridgehead atoms. The van der Waals surface area contributed by atoms with E-state index in [4.69, 9.17) is 5.73 Å². The van der Waals surface area contributed by atoms with Crippen molar-refractivity contribution in [3.05, 3.63) is 47.0 Å². The van der Waals surface area contributed by atoms with Gasteiger partial charge in [0, 0.05) is 11.1 Å². The lowest BCUT2D eigenvalue weighted by Gasteiger charge is -1.99. The Bertz CT molecular complexity index is 417. The smallest absolute Gasteiger partial charge is 0.177 e. The fourth-order valence-corrected chi connectivity index (χ4v) is 2.44. The summed E-state index contributed by atoms with van der Waals surface area (Å²) in [5.41, 5.74) is 6.39. The molecule has 3 nitrogen and oxygen atoms in total. The van der Waals surface area contributed by atoms with E-state index >= 15 is 0 Å². The molecule has 0 aliphatic carbocycles. The van der Waals surface area contributed by atoms with Crippen molar-refractivity contribution >= 4 is 9.84 Å². The summed E-state index contributed by atoms with van der Waals surface area (Å²) in [4.78, 5) is 0. The van der Waals surface area contributed by atoms with E-state index in [-0.39, 0.29) is 5.75 Å². The fraction of sp³-hybridized carbons (Fsp3) is 0.200. The Labute approximate surface area is 84.2 Å². The first-order valence-electron chi connectivity index (χ1n) is 4.20. The first-order valence-corrected chi connectivity index (χ1v) is 5.91. The molecule has 0 aromatic heterocycles. The molecule has 1 aromatic carbocycles. The second-order valence-electron chi connectivity index (χ2n) is 3.15. The summed E-state index contributed by atoms with van der Waals surface area (Å²) in [6.45, 7) is 1.56. The summed E-state index contributed by atoms with van der Waals surface area (Å²) in [7, 11) is -3.22. The van der Waals surface area contributed by atoms with Crippen LogP contribution in [0.1, 0.15) is 12.5 Å². The van der Waals surface area contributed by atoms with Gasteiger partial charge in [0.25, 0.3) is 0 Å². The minimum atomic E-state index is -3.22. The molecule has 14 heavy (non-hydrogen) atoms. The molecule has 0 amide bonds. The zero-order chi connectivity index (χ0) is 10.6. The predicted molar refractivity (Wildman–Crippen MR) is 57.0 cm³/mol. The Morgan fingerprint density at radius 3 is 2.43 bits per heavy atom. The van der Waals surface area contributed by atoms with Crippen molar-refractivity contribution in [3.63, 3.8) is 0 Å². The number of hydrogen-bond donors (Lipinski definition) is 1. The van der Waals surface area contributed by atoms with E-state index in [9.17, 15) is 8.42 Å². The summed E-state index contributed by atoms with van der Waals surface area (Å²) in [5.74, 6) is 0.00236. The Morgan fingerprint density at radius 1 is 1.36 bits per heavy atom. The van der Waals surface area contributed by atoms with Crippen LogP contribution in [0.2, 0.25) is 0 Å². The summed E-state index contributed by atoms with van der Waals surface area (Å²) in [6, 6.07) is 9.02.